The van der Waals surface area contributed by atoms with Crippen molar-refractivity contribution in [3.63, 3.8) is 0 Å². The third-order valence-corrected chi connectivity index (χ3v) is 5.56. The van der Waals surface area contributed by atoms with Crippen LogP contribution in [0.3, 0.4) is 0 Å². The van der Waals surface area contributed by atoms with Gasteiger partial charge in [-0.3, -0.25) is 9.69 Å². The molecule has 1 unspecified atom stereocenters. The number of nitrogens with zero attached hydrogens (tertiary/aromatic N) is 3. The van der Waals surface area contributed by atoms with Crippen molar-refractivity contribution in [1.29, 1.82) is 0 Å². The van der Waals surface area contributed by atoms with Gasteiger partial charge in [-0.2, -0.15) is 4.98 Å². The quantitative estimate of drug-likeness (QED) is 0.651. The molecule has 0 radical (unpaired) electrons. The first-order valence-electron chi connectivity index (χ1n) is 10.6. The Morgan fingerprint density at radius 3 is 2.77 bits per heavy atom. The lowest BCUT2D eigenvalue weighted by molar-refractivity contribution is -0.126. The smallest absolute Gasteiger partial charge is 0.257 e. The van der Waals surface area contributed by atoms with Crippen LogP contribution in [-0.2, 0) is 17.8 Å². The number of amides is 1. The summed E-state index contributed by atoms with van der Waals surface area (Å²) in [5.41, 5.74) is 3.36. The number of hydrogen-bond donors (Lipinski definition) is 1. The second-order valence-electron chi connectivity index (χ2n) is 7.98. The first-order chi connectivity index (χ1) is 14.7. The average molecular weight is 405 g/mol. The van der Waals surface area contributed by atoms with Crippen LogP contribution in [0.2, 0.25) is 0 Å². The normalized spacial score (nSPS) is 17.0. The largest absolute Gasteiger partial charge is 0.355 e. The Hall–Kier alpha value is -2.99. The zero-order valence-corrected chi connectivity index (χ0v) is 17.4. The van der Waals surface area contributed by atoms with E-state index < -0.39 is 0 Å². The SMILES string of the molecule is Cc1ccc(-c2nc(CN3CCCC(C(=O)NCCc4ccccc4)C3)no2)cc1. The molecule has 1 aromatic heterocycles. The summed E-state index contributed by atoms with van der Waals surface area (Å²) in [5, 5.41) is 7.23. The van der Waals surface area contributed by atoms with Gasteiger partial charge in [-0.15, -0.1) is 0 Å². The molecule has 1 aliphatic heterocycles. The number of hydrogen-bond acceptors (Lipinski definition) is 5. The molecule has 2 aromatic carbocycles. The highest BCUT2D eigenvalue weighted by Crippen LogP contribution is 2.21. The Labute approximate surface area is 177 Å². The number of piperidine rings is 1. The fourth-order valence-electron chi connectivity index (χ4n) is 3.86. The molecular formula is C24H28N4O2. The van der Waals surface area contributed by atoms with Crippen molar-refractivity contribution in [3.8, 4) is 11.5 Å². The number of aromatic nitrogens is 2. The van der Waals surface area contributed by atoms with E-state index in [0.29, 0.717) is 24.8 Å². The number of rotatable bonds is 7. The lowest BCUT2D eigenvalue weighted by Crippen LogP contribution is -2.43. The minimum absolute atomic E-state index is 0.0120. The molecule has 156 valence electrons. The molecule has 3 aromatic rings. The Bertz CT molecular complexity index is 953. The van der Waals surface area contributed by atoms with E-state index in [9.17, 15) is 4.79 Å². The molecule has 0 aliphatic carbocycles. The van der Waals surface area contributed by atoms with E-state index in [2.05, 4.69) is 32.5 Å². The Balaban J connectivity index is 1.27. The van der Waals surface area contributed by atoms with Crippen LogP contribution in [0, 0.1) is 12.8 Å². The van der Waals surface area contributed by atoms with Crippen LogP contribution < -0.4 is 5.32 Å². The van der Waals surface area contributed by atoms with E-state index in [4.69, 9.17) is 4.52 Å². The molecule has 6 heteroatoms. The molecule has 0 bridgehead atoms. The summed E-state index contributed by atoms with van der Waals surface area (Å²) in [5.74, 6) is 1.36. The highest BCUT2D eigenvalue weighted by Gasteiger charge is 2.26. The Morgan fingerprint density at radius 1 is 1.17 bits per heavy atom. The Kier molecular flexibility index (Phi) is 6.54. The molecule has 1 aliphatic rings. The molecule has 1 N–H and O–H groups in total. The fourth-order valence-corrected chi connectivity index (χ4v) is 3.86. The van der Waals surface area contributed by atoms with Crippen molar-refractivity contribution in [2.75, 3.05) is 19.6 Å². The molecule has 6 nitrogen and oxygen atoms in total. The van der Waals surface area contributed by atoms with Crippen molar-refractivity contribution in [3.05, 3.63) is 71.5 Å². The van der Waals surface area contributed by atoms with E-state index in [0.717, 1.165) is 37.9 Å². The molecule has 4 rings (SSSR count). The van der Waals surface area contributed by atoms with Gasteiger partial charge < -0.3 is 9.84 Å². The van der Waals surface area contributed by atoms with Gasteiger partial charge in [0.2, 0.25) is 5.91 Å². The van der Waals surface area contributed by atoms with Crippen molar-refractivity contribution in [2.24, 2.45) is 5.92 Å². The van der Waals surface area contributed by atoms with Crippen LogP contribution in [-0.4, -0.2) is 40.6 Å². The van der Waals surface area contributed by atoms with Crippen molar-refractivity contribution < 1.29 is 9.32 Å². The molecule has 1 amide bonds. The van der Waals surface area contributed by atoms with Gasteiger partial charge in [0.1, 0.15) is 0 Å². The summed E-state index contributed by atoms with van der Waals surface area (Å²) >= 11 is 0. The predicted molar refractivity (Wildman–Crippen MR) is 116 cm³/mol. The summed E-state index contributed by atoms with van der Waals surface area (Å²) in [6.45, 7) is 4.99. The topological polar surface area (TPSA) is 71.3 Å². The first-order valence-corrected chi connectivity index (χ1v) is 10.6. The number of nitrogens with one attached hydrogen (secondary N) is 1. The van der Waals surface area contributed by atoms with Gasteiger partial charge in [0.15, 0.2) is 5.82 Å². The summed E-state index contributed by atoms with van der Waals surface area (Å²) in [7, 11) is 0. The maximum Gasteiger partial charge on any atom is 0.257 e. The molecule has 2 heterocycles. The molecule has 1 atom stereocenters. The van der Waals surface area contributed by atoms with Gasteiger partial charge in [0, 0.05) is 18.7 Å². The predicted octanol–water partition coefficient (Wildman–Crippen LogP) is 3.62. The Morgan fingerprint density at radius 2 is 1.97 bits per heavy atom. The first kappa shape index (κ1) is 20.3. The molecule has 1 saturated heterocycles. The molecule has 0 spiro atoms. The molecule has 30 heavy (non-hydrogen) atoms. The maximum absolute atomic E-state index is 12.6. The summed E-state index contributed by atoms with van der Waals surface area (Å²) in [6, 6.07) is 18.3. The molecule has 0 saturated carbocycles. The highest BCUT2D eigenvalue weighted by molar-refractivity contribution is 5.79. The van der Waals surface area contributed by atoms with Crippen LogP contribution in [0.1, 0.15) is 29.8 Å². The van der Waals surface area contributed by atoms with Crippen LogP contribution >= 0.6 is 0 Å². The van der Waals surface area contributed by atoms with Gasteiger partial charge in [0.05, 0.1) is 12.5 Å². The van der Waals surface area contributed by atoms with E-state index in [1.165, 1.54) is 11.1 Å². The van der Waals surface area contributed by atoms with Crippen LogP contribution in [0.25, 0.3) is 11.5 Å². The standard InChI is InChI=1S/C24H28N4O2/c1-18-9-11-20(12-10-18)24-26-22(27-30-24)17-28-15-5-8-21(16-28)23(29)25-14-13-19-6-3-2-4-7-19/h2-4,6-7,9-12,21H,5,8,13-17H2,1H3,(H,25,29). The number of carbonyl (C=O) groups excluding carboxylic acids is 1. The van der Waals surface area contributed by atoms with Gasteiger partial charge in [0.25, 0.3) is 5.89 Å². The van der Waals surface area contributed by atoms with Crippen LogP contribution in [0.15, 0.2) is 59.1 Å². The third kappa shape index (κ3) is 5.33. The lowest BCUT2D eigenvalue weighted by atomic mass is 9.97. The van der Waals surface area contributed by atoms with Crippen LogP contribution in [0.4, 0.5) is 0 Å². The summed E-state index contributed by atoms with van der Waals surface area (Å²) in [6.07, 6.45) is 2.78. The minimum Gasteiger partial charge on any atom is -0.355 e. The summed E-state index contributed by atoms with van der Waals surface area (Å²) < 4.78 is 5.43. The zero-order chi connectivity index (χ0) is 20.8. The lowest BCUT2D eigenvalue weighted by Gasteiger charge is -2.31. The highest BCUT2D eigenvalue weighted by atomic mass is 16.5. The second kappa shape index (κ2) is 9.67. The second-order valence-corrected chi connectivity index (χ2v) is 7.98. The van der Waals surface area contributed by atoms with Gasteiger partial charge >= 0.3 is 0 Å². The van der Waals surface area contributed by atoms with Crippen LogP contribution in [0.5, 0.6) is 0 Å². The fraction of sp³-hybridized carbons (Fsp3) is 0.375. The number of benzene rings is 2. The van der Waals surface area contributed by atoms with Gasteiger partial charge in [-0.25, -0.2) is 0 Å². The summed E-state index contributed by atoms with van der Waals surface area (Å²) in [4.78, 5) is 19.4. The zero-order valence-electron chi connectivity index (χ0n) is 17.4. The van der Waals surface area contributed by atoms with E-state index in [1.54, 1.807) is 0 Å². The van der Waals surface area contributed by atoms with E-state index in [1.807, 2.05) is 49.4 Å². The monoisotopic (exact) mass is 404 g/mol. The van der Waals surface area contributed by atoms with E-state index in [-0.39, 0.29) is 11.8 Å². The average Bonchev–Trinajstić information content (AvgIpc) is 3.23. The number of carbonyl (C=O) groups is 1. The number of likely N-dealkylation sites (tertiary alicyclic amines) is 1. The molecule has 1 fully saturated rings. The number of aryl methyl sites for hydroxylation is 1. The minimum atomic E-state index is 0.0120. The molecular weight excluding hydrogens is 376 g/mol. The maximum atomic E-state index is 12.6. The van der Waals surface area contributed by atoms with E-state index >= 15 is 0 Å². The van der Waals surface area contributed by atoms with Crippen molar-refractivity contribution >= 4 is 5.91 Å². The van der Waals surface area contributed by atoms with Gasteiger partial charge in [-0.05, 0) is 50.4 Å². The third-order valence-electron chi connectivity index (χ3n) is 5.56. The van der Waals surface area contributed by atoms with Gasteiger partial charge in [-0.1, -0.05) is 53.2 Å². The van der Waals surface area contributed by atoms with Crippen molar-refractivity contribution in [2.45, 2.75) is 32.7 Å². The van der Waals surface area contributed by atoms with Crippen molar-refractivity contribution in [1.82, 2.24) is 20.4 Å².